The van der Waals surface area contributed by atoms with Crippen LogP contribution in [0.2, 0.25) is 0 Å². The quantitative estimate of drug-likeness (QED) is 0.696. The van der Waals surface area contributed by atoms with Crippen molar-refractivity contribution in [2.24, 2.45) is 0 Å². The predicted octanol–water partition coefficient (Wildman–Crippen LogP) is 4.83. The van der Waals surface area contributed by atoms with Gasteiger partial charge in [0.25, 0.3) is 0 Å². The van der Waals surface area contributed by atoms with Gasteiger partial charge in [0.2, 0.25) is 0 Å². The first-order valence-corrected chi connectivity index (χ1v) is 9.35. The van der Waals surface area contributed by atoms with Crippen LogP contribution in [0.4, 0.5) is 18.9 Å². The minimum atomic E-state index is -4.45. The molecule has 0 saturated heterocycles. The molecule has 148 valence electrons. The van der Waals surface area contributed by atoms with Gasteiger partial charge in [-0.25, -0.2) is 4.98 Å². The van der Waals surface area contributed by atoms with E-state index in [-0.39, 0.29) is 6.04 Å². The molecule has 1 N–H and O–H groups in total. The molecule has 3 heterocycles. The Labute approximate surface area is 161 Å². The van der Waals surface area contributed by atoms with Gasteiger partial charge in [-0.2, -0.15) is 18.3 Å². The highest BCUT2D eigenvalue weighted by atomic mass is 19.4. The van der Waals surface area contributed by atoms with Crippen LogP contribution in [0.1, 0.15) is 43.3 Å². The zero-order chi connectivity index (χ0) is 19.9. The third-order valence-corrected chi connectivity index (χ3v) is 5.06. The number of benzene rings is 1. The Balaban J connectivity index is 1.58. The number of rotatable bonds is 4. The van der Waals surface area contributed by atoms with Gasteiger partial charge in [-0.1, -0.05) is 24.3 Å². The van der Waals surface area contributed by atoms with Crippen molar-refractivity contribution in [3.63, 3.8) is 0 Å². The van der Waals surface area contributed by atoms with E-state index in [1.807, 2.05) is 44.3 Å². The molecule has 0 radical (unpaired) electrons. The van der Waals surface area contributed by atoms with Gasteiger partial charge in [0.1, 0.15) is 5.82 Å². The van der Waals surface area contributed by atoms with Crippen molar-refractivity contribution in [3.8, 4) is 11.4 Å². The Kier molecular flexibility index (Phi) is 4.64. The number of halogens is 3. The number of H-pyrrole nitrogens is 1. The predicted molar refractivity (Wildman–Crippen MR) is 101 cm³/mol. The van der Waals surface area contributed by atoms with Gasteiger partial charge < -0.3 is 9.47 Å². The van der Waals surface area contributed by atoms with Gasteiger partial charge in [-0.05, 0) is 32.3 Å². The summed E-state index contributed by atoms with van der Waals surface area (Å²) in [7, 11) is 0. The summed E-state index contributed by atoms with van der Waals surface area (Å²) < 4.78 is 40.8. The number of aryl methyl sites for hydroxylation is 1. The third-order valence-electron chi connectivity index (χ3n) is 5.06. The van der Waals surface area contributed by atoms with E-state index in [0.29, 0.717) is 11.4 Å². The molecule has 0 saturated carbocycles. The number of hydrogen-bond donors (Lipinski definition) is 1. The monoisotopic (exact) mass is 389 g/mol. The summed E-state index contributed by atoms with van der Waals surface area (Å²) in [6.07, 6.45) is 0.554. The van der Waals surface area contributed by atoms with Gasteiger partial charge in [-0.3, -0.25) is 5.10 Å². The SMILES string of the molecule is CC(C)n1cc(C(F)(F)F)nc1-c1ccc(CN2CCCc3[nH]ncc32)cc1. The first-order chi connectivity index (χ1) is 13.3. The molecule has 5 nitrogen and oxygen atoms in total. The molecule has 0 atom stereocenters. The minimum Gasteiger partial charge on any atom is -0.364 e. The zero-order valence-electron chi connectivity index (χ0n) is 15.8. The number of nitrogens with zero attached hydrogens (tertiary/aromatic N) is 4. The minimum absolute atomic E-state index is 0.119. The smallest absolute Gasteiger partial charge is 0.364 e. The van der Waals surface area contributed by atoms with Crippen molar-refractivity contribution in [3.05, 3.63) is 53.6 Å². The summed E-state index contributed by atoms with van der Waals surface area (Å²) in [5.74, 6) is 0.337. The van der Waals surface area contributed by atoms with Crippen LogP contribution >= 0.6 is 0 Å². The summed E-state index contributed by atoms with van der Waals surface area (Å²) in [6.45, 7) is 5.39. The number of aromatic nitrogens is 4. The number of aromatic amines is 1. The Morgan fingerprint density at radius 2 is 1.93 bits per heavy atom. The highest BCUT2D eigenvalue weighted by Gasteiger charge is 2.35. The van der Waals surface area contributed by atoms with Gasteiger partial charge >= 0.3 is 6.18 Å². The molecule has 0 aliphatic carbocycles. The van der Waals surface area contributed by atoms with Crippen LogP contribution in [-0.2, 0) is 19.1 Å². The second-order valence-corrected chi connectivity index (χ2v) is 7.40. The van der Waals surface area contributed by atoms with Crippen LogP contribution in [0.5, 0.6) is 0 Å². The summed E-state index contributed by atoms with van der Waals surface area (Å²) >= 11 is 0. The topological polar surface area (TPSA) is 49.7 Å². The van der Waals surface area contributed by atoms with Crippen molar-refractivity contribution in [1.82, 2.24) is 19.7 Å². The fourth-order valence-corrected chi connectivity index (χ4v) is 3.61. The van der Waals surface area contributed by atoms with E-state index in [1.54, 1.807) is 4.57 Å². The fraction of sp³-hybridized carbons (Fsp3) is 0.400. The van der Waals surface area contributed by atoms with Crippen molar-refractivity contribution in [2.45, 2.75) is 45.5 Å². The fourth-order valence-electron chi connectivity index (χ4n) is 3.61. The third kappa shape index (κ3) is 3.50. The second kappa shape index (κ2) is 7.00. The van der Waals surface area contributed by atoms with Gasteiger partial charge in [-0.15, -0.1) is 0 Å². The molecular weight excluding hydrogens is 367 g/mol. The summed E-state index contributed by atoms with van der Waals surface area (Å²) in [5.41, 5.74) is 3.19. The molecule has 0 unspecified atom stereocenters. The lowest BCUT2D eigenvalue weighted by atomic mass is 10.1. The highest BCUT2D eigenvalue weighted by Crippen LogP contribution is 2.33. The van der Waals surface area contributed by atoms with Gasteiger partial charge in [0, 0.05) is 30.9 Å². The van der Waals surface area contributed by atoms with Crippen molar-refractivity contribution < 1.29 is 13.2 Å². The molecule has 4 rings (SSSR count). The second-order valence-electron chi connectivity index (χ2n) is 7.40. The average molecular weight is 389 g/mol. The zero-order valence-corrected chi connectivity index (χ0v) is 15.8. The number of nitrogens with one attached hydrogen (secondary N) is 1. The molecular formula is C20H22F3N5. The lowest BCUT2D eigenvalue weighted by Gasteiger charge is -2.28. The van der Waals surface area contributed by atoms with Crippen LogP contribution in [0.15, 0.2) is 36.7 Å². The van der Waals surface area contributed by atoms with E-state index >= 15 is 0 Å². The van der Waals surface area contributed by atoms with Crippen molar-refractivity contribution in [1.29, 1.82) is 0 Å². The maximum atomic E-state index is 13.1. The molecule has 1 aliphatic heterocycles. The van der Waals surface area contributed by atoms with E-state index in [4.69, 9.17) is 0 Å². The largest absolute Gasteiger partial charge is 0.434 e. The lowest BCUT2D eigenvalue weighted by molar-refractivity contribution is -0.140. The molecule has 0 bridgehead atoms. The highest BCUT2D eigenvalue weighted by molar-refractivity contribution is 5.58. The molecule has 0 fully saturated rings. The van der Waals surface area contributed by atoms with E-state index < -0.39 is 11.9 Å². The van der Waals surface area contributed by atoms with Crippen molar-refractivity contribution in [2.75, 3.05) is 11.4 Å². The molecule has 28 heavy (non-hydrogen) atoms. The summed E-state index contributed by atoms with van der Waals surface area (Å²) in [4.78, 5) is 6.13. The van der Waals surface area contributed by atoms with Crippen molar-refractivity contribution >= 4 is 5.69 Å². The Morgan fingerprint density at radius 3 is 2.61 bits per heavy atom. The normalized spacial score (nSPS) is 14.6. The Morgan fingerprint density at radius 1 is 1.18 bits per heavy atom. The van der Waals surface area contributed by atoms with Gasteiger partial charge in [0.15, 0.2) is 5.69 Å². The number of imidazole rings is 1. The van der Waals surface area contributed by atoms with Crippen LogP contribution in [-0.4, -0.2) is 26.3 Å². The lowest BCUT2D eigenvalue weighted by Crippen LogP contribution is -2.28. The number of hydrogen-bond acceptors (Lipinski definition) is 3. The van der Waals surface area contributed by atoms with Crippen LogP contribution in [0, 0.1) is 0 Å². The molecule has 1 aromatic carbocycles. The summed E-state index contributed by atoms with van der Waals surface area (Å²) in [5, 5.41) is 7.17. The molecule has 1 aliphatic rings. The number of alkyl halides is 3. The maximum Gasteiger partial charge on any atom is 0.434 e. The van der Waals surface area contributed by atoms with Gasteiger partial charge in [0.05, 0.1) is 17.6 Å². The molecule has 3 aromatic rings. The van der Waals surface area contributed by atoms with E-state index in [2.05, 4.69) is 20.1 Å². The van der Waals surface area contributed by atoms with Crippen LogP contribution in [0.3, 0.4) is 0 Å². The maximum absolute atomic E-state index is 13.1. The van der Waals surface area contributed by atoms with E-state index in [0.717, 1.165) is 49.1 Å². The first-order valence-electron chi connectivity index (χ1n) is 9.35. The molecule has 0 spiro atoms. The van der Waals surface area contributed by atoms with Crippen LogP contribution < -0.4 is 4.90 Å². The molecule has 0 amide bonds. The average Bonchev–Trinajstić information content (AvgIpc) is 3.30. The number of anilines is 1. The molecule has 2 aromatic heterocycles. The van der Waals surface area contributed by atoms with E-state index in [1.165, 1.54) is 0 Å². The Hall–Kier alpha value is -2.77. The van der Waals surface area contributed by atoms with Crippen LogP contribution in [0.25, 0.3) is 11.4 Å². The molecule has 8 heteroatoms. The van der Waals surface area contributed by atoms with E-state index in [9.17, 15) is 13.2 Å². The Bertz CT molecular complexity index is 953. The summed E-state index contributed by atoms with van der Waals surface area (Å²) in [6, 6.07) is 7.48. The number of fused-ring (bicyclic) bond motifs is 1. The standard InChI is InChI=1S/C20H22F3N5/c1-13(2)28-12-18(20(21,22)23)25-19(28)15-7-5-14(6-8-15)11-27-9-3-4-16-17(27)10-24-26-16/h5-8,10,12-13H,3-4,9,11H2,1-2H3,(H,24,26). The first kappa shape index (κ1) is 18.6.